The maximum absolute atomic E-state index is 2.63. The van der Waals surface area contributed by atoms with Crippen LogP contribution in [0.2, 0.25) is 0 Å². The van der Waals surface area contributed by atoms with Crippen molar-refractivity contribution in [3.05, 3.63) is 12.2 Å². The number of hydrogen-bond acceptors (Lipinski definition) is 1. The molecule has 0 N–H and O–H groups in total. The average molecular weight is 223 g/mol. The van der Waals surface area contributed by atoms with Crippen molar-refractivity contribution in [1.29, 1.82) is 0 Å². The molecule has 1 heterocycles. The third-order valence-electron chi connectivity index (χ3n) is 3.67. The first-order chi connectivity index (χ1) is 7.67. The molecule has 1 aliphatic heterocycles. The first-order valence-corrected chi connectivity index (χ1v) is 7.09. The van der Waals surface area contributed by atoms with E-state index in [9.17, 15) is 0 Å². The molecular weight excluding hydrogens is 194 g/mol. The molecule has 0 saturated carbocycles. The Bertz CT molecular complexity index is 199. The van der Waals surface area contributed by atoms with Crippen molar-refractivity contribution in [2.75, 3.05) is 13.1 Å². The lowest BCUT2D eigenvalue weighted by Gasteiger charge is -2.39. The number of rotatable bonds is 6. The minimum absolute atomic E-state index is 0.270. The van der Waals surface area contributed by atoms with E-state index in [4.69, 9.17) is 0 Å². The van der Waals surface area contributed by atoms with E-state index in [0.717, 1.165) is 0 Å². The van der Waals surface area contributed by atoms with E-state index in [1.165, 1.54) is 58.0 Å². The number of piperidine rings is 1. The van der Waals surface area contributed by atoms with Crippen molar-refractivity contribution < 1.29 is 0 Å². The van der Waals surface area contributed by atoms with Gasteiger partial charge in [-0.3, -0.25) is 4.90 Å². The number of likely N-dealkylation sites (tertiary alicyclic amines) is 1. The third-order valence-corrected chi connectivity index (χ3v) is 3.67. The lowest BCUT2D eigenvalue weighted by Crippen LogP contribution is -2.45. The fourth-order valence-corrected chi connectivity index (χ4v) is 2.46. The van der Waals surface area contributed by atoms with Crippen LogP contribution in [0, 0.1) is 0 Å². The largest absolute Gasteiger partial charge is 0.295 e. The maximum Gasteiger partial charge on any atom is 0.0334 e. The Hall–Kier alpha value is -0.300. The van der Waals surface area contributed by atoms with Gasteiger partial charge in [-0.2, -0.15) is 0 Å². The number of nitrogens with zero attached hydrogens (tertiary/aromatic N) is 1. The molecule has 1 saturated heterocycles. The predicted molar refractivity (Wildman–Crippen MR) is 72.8 cm³/mol. The Kier molecular flexibility index (Phi) is 6.12. The lowest BCUT2D eigenvalue weighted by atomic mass is 9.97. The molecule has 0 radical (unpaired) electrons. The number of unbranched alkanes of at least 4 members (excludes halogenated alkanes) is 3. The van der Waals surface area contributed by atoms with Crippen molar-refractivity contribution in [1.82, 2.24) is 4.90 Å². The van der Waals surface area contributed by atoms with Gasteiger partial charge < -0.3 is 0 Å². The Morgan fingerprint density at radius 3 is 2.38 bits per heavy atom. The summed E-state index contributed by atoms with van der Waals surface area (Å²) in [5.74, 6) is 0. The third kappa shape index (κ3) is 4.69. The zero-order valence-electron chi connectivity index (χ0n) is 11.5. The van der Waals surface area contributed by atoms with Crippen LogP contribution < -0.4 is 0 Å². The fourth-order valence-electron chi connectivity index (χ4n) is 2.46. The summed E-state index contributed by atoms with van der Waals surface area (Å²) < 4.78 is 0. The van der Waals surface area contributed by atoms with Crippen molar-refractivity contribution in [3.8, 4) is 0 Å². The molecular formula is C15H29N. The molecule has 0 atom stereocenters. The Balaban J connectivity index is 2.31. The second-order valence-electron chi connectivity index (χ2n) is 5.60. The van der Waals surface area contributed by atoms with E-state index in [1.807, 2.05) is 0 Å². The average Bonchev–Trinajstić information content (AvgIpc) is 2.30. The second kappa shape index (κ2) is 7.11. The van der Waals surface area contributed by atoms with Gasteiger partial charge in [0, 0.05) is 5.54 Å². The maximum atomic E-state index is 2.63. The van der Waals surface area contributed by atoms with Gasteiger partial charge in [-0.1, -0.05) is 38.3 Å². The summed E-state index contributed by atoms with van der Waals surface area (Å²) in [5, 5.41) is 0. The zero-order chi connectivity index (χ0) is 11.9. The molecule has 0 bridgehead atoms. The van der Waals surface area contributed by atoms with Crippen molar-refractivity contribution in [3.63, 3.8) is 0 Å². The predicted octanol–water partition coefficient (Wildman–Crippen LogP) is 4.39. The van der Waals surface area contributed by atoms with Gasteiger partial charge in [0.25, 0.3) is 0 Å². The second-order valence-corrected chi connectivity index (χ2v) is 5.60. The van der Waals surface area contributed by atoms with E-state index in [0.29, 0.717) is 0 Å². The zero-order valence-corrected chi connectivity index (χ0v) is 11.5. The molecule has 16 heavy (non-hydrogen) atoms. The minimum atomic E-state index is 0.270. The molecule has 0 aromatic carbocycles. The van der Waals surface area contributed by atoms with Crippen LogP contribution in [-0.2, 0) is 0 Å². The Morgan fingerprint density at radius 2 is 1.75 bits per heavy atom. The first-order valence-electron chi connectivity index (χ1n) is 7.09. The molecule has 1 fully saturated rings. The van der Waals surface area contributed by atoms with E-state index in [2.05, 4.69) is 37.8 Å². The van der Waals surface area contributed by atoms with Crippen LogP contribution in [-0.4, -0.2) is 23.5 Å². The SMILES string of the molecule is CCCCC/C=C/C(C)(C)N1CCCCC1. The molecule has 94 valence electrons. The standard InChI is InChI=1S/C15H29N/c1-4-5-6-7-9-12-15(2,3)16-13-10-8-11-14-16/h9,12H,4-8,10-11,13-14H2,1-3H3/b12-9+. The van der Waals surface area contributed by atoms with Crippen LogP contribution in [0.4, 0.5) is 0 Å². The van der Waals surface area contributed by atoms with Gasteiger partial charge in [-0.25, -0.2) is 0 Å². The summed E-state index contributed by atoms with van der Waals surface area (Å²) in [6.07, 6.45) is 14.3. The normalized spacial score (nSPS) is 19.4. The van der Waals surface area contributed by atoms with E-state index in [-0.39, 0.29) is 5.54 Å². The van der Waals surface area contributed by atoms with Crippen LogP contribution in [0.5, 0.6) is 0 Å². The van der Waals surface area contributed by atoms with Gasteiger partial charge in [-0.05, 0) is 52.6 Å². The van der Waals surface area contributed by atoms with Crippen LogP contribution in [0.3, 0.4) is 0 Å². The van der Waals surface area contributed by atoms with E-state index < -0.39 is 0 Å². The highest BCUT2D eigenvalue weighted by Crippen LogP contribution is 2.22. The molecule has 0 unspecified atom stereocenters. The lowest BCUT2D eigenvalue weighted by molar-refractivity contribution is 0.132. The Labute approximate surface area is 102 Å². The van der Waals surface area contributed by atoms with E-state index in [1.54, 1.807) is 0 Å². The molecule has 1 heteroatoms. The van der Waals surface area contributed by atoms with Gasteiger partial charge >= 0.3 is 0 Å². The van der Waals surface area contributed by atoms with Crippen LogP contribution in [0.1, 0.15) is 65.7 Å². The summed E-state index contributed by atoms with van der Waals surface area (Å²) in [6, 6.07) is 0. The van der Waals surface area contributed by atoms with Gasteiger partial charge in [-0.15, -0.1) is 0 Å². The highest BCUT2D eigenvalue weighted by atomic mass is 15.2. The van der Waals surface area contributed by atoms with Gasteiger partial charge in [0.15, 0.2) is 0 Å². The quantitative estimate of drug-likeness (QED) is 0.477. The monoisotopic (exact) mass is 223 g/mol. The fraction of sp³-hybridized carbons (Fsp3) is 0.867. The van der Waals surface area contributed by atoms with Crippen LogP contribution in [0.15, 0.2) is 12.2 Å². The Morgan fingerprint density at radius 1 is 1.06 bits per heavy atom. The number of allylic oxidation sites excluding steroid dienone is 1. The van der Waals surface area contributed by atoms with Gasteiger partial charge in [0.1, 0.15) is 0 Å². The molecule has 1 nitrogen and oxygen atoms in total. The van der Waals surface area contributed by atoms with Crippen LogP contribution >= 0.6 is 0 Å². The molecule has 0 spiro atoms. The summed E-state index contributed by atoms with van der Waals surface area (Å²) in [4.78, 5) is 2.63. The summed E-state index contributed by atoms with van der Waals surface area (Å²) in [6.45, 7) is 9.54. The first kappa shape index (κ1) is 13.8. The summed E-state index contributed by atoms with van der Waals surface area (Å²) >= 11 is 0. The summed E-state index contributed by atoms with van der Waals surface area (Å²) in [7, 11) is 0. The van der Waals surface area contributed by atoms with E-state index >= 15 is 0 Å². The molecule has 1 aliphatic rings. The molecule has 1 rings (SSSR count). The molecule has 0 amide bonds. The van der Waals surface area contributed by atoms with Crippen molar-refractivity contribution in [2.24, 2.45) is 0 Å². The molecule has 0 aromatic heterocycles. The van der Waals surface area contributed by atoms with Gasteiger partial charge in [0.05, 0.1) is 0 Å². The van der Waals surface area contributed by atoms with Crippen molar-refractivity contribution >= 4 is 0 Å². The topological polar surface area (TPSA) is 3.24 Å². The van der Waals surface area contributed by atoms with Crippen LogP contribution in [0.25, 0.3) is 0 Å². The summed E-state index contributed by atoms with van der Waals surface area (Å²) in [5.41, 5.74) is 0.270. The number of hydrogen-bond donors (Lipinski definition) is 0. The minimum Gasteiger partial charge on any atom is -0.295 e. The van der Waals surface area contributed by atoms with Gasteiger partial charge in [0.2, 0.25) is 0 Å². The molecule has 0 aliphatic carbocycles. The highest BCUT2D eigenvalue weighted by molar-refractivity contribution is 5.02. The highest BCUT2D eigenvalue weighted by Gasteiger charge is 2.24. The van der Waals surface area contributed by atoms with Crippen molar-refractivity contribution in [2.45, 2.75) is 71.3 Å². The molecule has 0 aromatic rings. The smallest absolute Gasteiger partial charge is 0.0334 e.